The highest BCUT2D eigenvalue weighted by Crippen LogP contribution is 2.48. The second kappa shape index (κ2) is 11.6. The minimum absolute atomic E-state index is 0.0519. The Labute approximate surface area is 251 Å². The lowest BCUT2D eigenvalue weighted by molar-refractivity contribution is -0.140. The zero-order chi connectivity index (χ0) is 31.0. The molecule has 0 radical (unpaired) electrons. The van der Waals surface area contributed by atoms with Crippen LogP contribution in [0.1, 0.15) is 63.9 Å². The Balaban J connectivity index is 1.35. The van der Waals surface area contributed by atoms with E-state index in [9.17, 15) is 27.6 Å². The van der Waals surface area contributed by atoms with Crippen molar-refractivity contribution in [3.8, 4) is 6.07 Å². The van der Waals surface area contributed by atoms with Gasteiger partial charge in [0.05, 0.1) is 28.2 Å². The number of ether oxygens (including phenoxy) is 1. The molecule has 43 heavy (non-hydrogen) atoms. The van der Waals surface area contributed by atoms with Gasteiger partial charge in [-0.15, -0.1) is 0 Å². The van der Waals surface area contributed by atoms with E-state index in [4.69, 9.17) is 10.00 Å². The van der Waals surface area contributed by atoms with E-state index in [1.54, 1.807) is 37.1 Å². The van der Waals surface area contributed by atoms with Crippen molar-refractivity contribution < 1.29 is 32.3 Å². The van der Waals surface area contributed by atoms with Gasteiger partial charge in [-0.25, -0.2) is 13.2 Å². The lowest BCUT2D eigenvalue weighted by Crippen LogP contribution is -2.55. The van der Waals surface area contributed by atoms with Gasteiger partial charge in [0.15, 0.2) is 0 Å². The summed E-state index contributed by atoms with van der Waals surface area (Å²) >= 11 is 0. The predicted molar refractivity (Wildman–Crippen MR) is 156 cm³/mol. The molecular weight excluding hydrogens is 574 g/mol. The van der Waals surface area contributed by atoms with Gasteiger partial charge in [0, 0.05) is 25.2 Å². The number of anilines is 1. The molecule has 3 N–H and O–H groups in total. The Hall–Kier alpha value is -3.92. The number of hydrogen-bond acceptors (Lipinski definition) is 8. The van der Waals surface area contributed by atoms with Crippen LogP contribution in [-0.2, 0) is 29.1 Å². The van der Waals surface area contributed by atoms with Crippen LogP contribution < -0.4 is 15.4 Å². The number of amides is 4. The lowest BCUT2D eigenvalue weighted by Gasteiger charge is -2.27. The van der Waals surface area contributed by atoms with Crippen LogP contribution in [0.5, 0.6) is 0 Å². The molecule has 4 aliphatic rings. The molecule has 0 bridgehead atoms. The monoisotopic (exact) mass is 611 g/mol. The molecule has 0 unspecified atom stereocenters. The summed E-state index contributed by atoms with van der Waals surface area (Å²) in [5.74, 6) is -3.67. The van der Waals surface area contributed by atoms with Crippen LogP contribution in [0, 0.1) is 29.1 Å². The zero-order valence-corrected chi connectivity index (χ0v) is 25.1. The SMILES string of the molecule is CN1CCCC/C=C\[C@H]2C[C@@]2(C(=O)NS(=O)(=O)C2(C)CC2)NC(=O)[C@H]2C[C@@H](OC(=O)Nc3cccc(C#N)c3)C[C@@H]2C1=O. The summed E-state index contributed by atoms with van der Waals surface area (Å²) in [6, 6.07) is 8.31. The standard InChI is InChI=1S/C30H37N5O7S/c1-29(11-12-29)43(40,41)34-27(38)30-17-20(30)9-5-3-4-6-13-35(2)26(37)24-16-22(15-23(24)25(36)33-30)42-28(39)32-21-10-7-8-19(14-21)18-31/h5,7-10,14,20,22-24H,3-4,6,11-13,15-17H2,1-2H3,(H,32,39)(H,33,36)(H,34,38)/b9-5-/t20-,22+,23-,24-,30+/m0/s1. The number of nitriles is 1. The summed E-state index contributed by atoms with van der Waals surface area (Å²) < 4.78 is 32.6. The van der Waals surface area contributed by atoms with Gasteiger partial charge >= 0.3 is 6.09 Å². The van der Waals surface area contributed by atoms with Gasteiger partial charge < -0.3 is 15.0 Å². The maximum Gasteiger partial charge on any atom is 0.411 e. The second-order valence-electron chi connectivity index (χ2n) is 12.4. The number of allylic oxidation sites excluding steroid dienone is 1. The third kappa shape index (κ3) is 6.39. The van der Waals surface area contributed by atoms with Crippen LogP contribution in [0.2, 0.25) is 0 Å². The van der Waals surface area contributed by atoms with Crippen molar-refractivity contribution in [2.24, 2.45) is 17.8 Å². The van der Waals surface area contributed by atoms with E-state index in [-0.39, 0.29) is 31.1 Å². The molecule has 5 rings (SSSR count). The van der Waals surface area contributed by atoms with Crippen molar-refractivity contribution >= 4 is 39.5 Å². The fourth-order valence-corrected chi connectivity index (χ4v) is 7.27. The highest BCUT2D eigenvalue weighted by molar-refractivity contribution is 7.91. The fourth-order valence-electron chi connectivity index (χ4n) is 5.96. The number of carbonyl (C=O) groups is 4. The average Bonchev–Trinajstić information content (AvgIpc) is 3.84. The average molecular weight is 612 g/mol. The number of hydrogen-bond donors (Lipinski definition) is 3. The van der Waals surface area contributed by atoms with Gasteiger partial charge in [0.25, 0.3) is 5.91 Å². The number of nitrogens with zero attached hydrogens (tertiary/aromatic N) is 2. The van der Waals surface area contributed by atoms with Gasteiger partial charge in [-0.3, -0.25) is 24.4 Å². The molecule has 230 valence electrons. The molecule has 0 saturated heterocycles. The van der Waals surface area contributed by atoms with Crippen molar-refractivity contribution in [2.45, 2.75) is 74.7 Å². The first-order valence-electron chi connectivity index (χ1n) is 14.7. The number of fused-ring (bicyclic) bond motifs is 2. The van der Waals surface area contributed by atoms with E-state index in [0.717, 1.165) is 19.3 Å². The first kappa shape index (κ1) is 30.5. The van der Waals surface area contributed by atoms with Crippen LogP contribution in [0.3, 0.4) is 0 Å². The highest BCUT2D eigenvalue weighted by Gasteiger charge is 2.63. The molecule has 3 fully saturated rings. The summed E-state index contributed by atoms with van der Waals surface area (Å²) in [5.41, 5.74) is -0.722. The van der Waals surface area contributed by atoms with E-state index >= 15 is 0 Å². The van der Waals surface area contributed by atoms with E-state index in [2.05, 4.69) is 15.4 Å². The minimum atomic E-state index is -3.93. The molecule has 12 nitrogen and oxygen atoms in total. The van der Waals surface area contributed by atoms with Crippen LogP contribution in [0.15, 0.2) is 36.4 Å². The molecule has 1 heterocycles. The van der Waals surface area contributed by atoms with Crippen molar-refractivity contribution in [1.29, 1.82) is 5.26 Å². The van der Waals surface area contributed by atoms with Gasteiger partial charge in [-0.2, -0.15) is 5.26 Å². The maximum absolute atomic E-state index is 13.8. The number of carbonyl (C=O) groups excluding carboxylic acids is 4. The topological polar surface area (TPSA) is 175 Å². The molecule has 3 aliphatic carbocycles. The molecule has 1 aromatic rings. The zero-order valence-electron chi connectivity index (χ0n) is 24.3. The maximum atomic E-state index is 13.8. The summed E-state index contributed by atoms with van der Waals surface area (Å²) in [5, 5.41) is 14.5. The molecule has 3 saturated carbocycles. The Bertz CT molecular complexity index is 1500. The Kier molecular flexibility index (Phi) is 8.26. The Morgan fingerprint density at radius 2 is 1.91 bits per heavy atom. The van der Waals surface area contributed by atoms with E-state index < -0.39 is 56.2 Å². The van der Waals surface area contributed by atoms with E-state index in [1.165, 1.54) is 6.07 Å². The number of benzene rings is 1. The Morgan fingerprint density at radius 1 is 1.16 bits per heavy atom. The second-order valence-corrected chi connectivity index (χ2v) is 14.6. The summed E-state index contributed by atoms with van der Waals surface area (Å²) in [4.78, 5) is 55.1. The number of rotatable bonds is 5. The summed E-state index contributed by atoms with van der Waals surface area (Å²) in [6.45, 7) is 2.09. The van der Waals surface area contributed by atoms with Gasteiger partial charge in [0.2, 0.25) is 21.8 Å². The highest BCUT2D eigenvalue weighted by atomic mass is 32.2. The normalized spacial score (nSPS) is 30.8. The smallest absolute Gasteiger partial charge is 0.411 e. The molecule has 1 aromatic carbocycles. The largest absolute Gasteiger partial charge is 0.446 e. The van der Waals surface area contributed by atoms with Crippen molar-refractivity contribution in [3.63, 3.8) is 0 Å². The fraction of sp³-hybridized carbons (Fsp3) is 0.567. The van der Waals surface area contributed by atoms with Crippen molar-refractivity contribution in [2.75, 3.05) is 18.9 Å². The third-order valence-electron chi connectivity index (χ3n) is 9.14. The van der Waals surface area contributed by atoms with Gasteiger partial charge in [-0.1, -0.05) is 18.2 Å². The first-order chi connectivity index (χ1) is 20.4. The first-order valence-corrected chi connectivity index (χ1v) is 16.1. The third-order valence-corrected chi connectivity index (χ3v) is 11.3. The molecule has 0 aromatic heterocycles. The number of nitrogens with one attached hydrogen (secondary N) is 3. The minimum Gasteiger partial charge on any atom is -0.446 e. The summed E-state index contributed by atoms with van der Waals surface area (Å²) in [6.07, 6.45) is 5.83. The lowest BCUT2D eigenvalue weighted by atomic mass is 9.93. The summed E-state index contributed by atoms with van der Waals surface area (Å²) in [7, 11) is -2.25. The number of sulfonamides is 1. The van der Waals surface area contributed by atoms with Crippen LogP contribution in [-0.4, -0.2) is 67.1 Å². The van der Waals surface area contributed by atoms with Crippen LogP contribution >= 0.6 is 0 Å². The molecule has 5 atom stereocenters. The van der Waals surface area contributed by atoms with Crippen molar-refractivity contribution in [1.82, 2.24) is 14.9 Å². The predicted octanol–water partition coefficient (Wildman–Crippen LogP) is 2.57. The van der Waals surface area contributed by atoms with Crippen LogP contribution in [0.25, 0.3) is 0 Å². The van der Waals surface area contributed by atoms with E-state index in [1.807, 2.05) is 18.2 Å². The quantitative estimate of drug-likeness (QED) is 0.426. The van der Waals surface area contributed by atoms with Crippen molar-refractivity contribution in [3.05, 3.63) is 42.0 Å². The molecular formula is C30H37N5O7S. The van der Waals surface area contributed by atoms with E-state index in [0.29, 0.717) is 30.6 Å². The molecule has 4 amide bonds. The molecule has 0 spiro atoms. The van der Waals surface area contributed by atoms with Crippen LogP contribution in [0.4, 0.5) is 10.5 Å². The van der Waals surface area contributed by atoms with Gasteiger partial charge in [0.1, 0.15) is 11.6 Å². The Morgan fingerprint density at radius 3 is 2.63 bits per heavy atom. The molecule has 13 heteroatoms. The van der Waals surface area contributed by atoms with Gasteiger partial charge in [-0.05, 0) is 76.5 Å². The molecule has 1 aliphatic heterocycles.